The Hall–Kier alpha value is -0.870. The van der Waals surface area contributed by atoms with E-state index in [0.29, 0.717) is 0 Å². The largest absolute Gasteiger partial charge is 0.366 e. The van der Waals surface area contributed by atoms with Crippen molar-refractivity contribution in [1.82, 2.24) is 0 Å². The van der Waals surface area contributed by atoms with Crippen LogP contribution in [0.5, 0.6) is 0 Å². The number of morpholine rings is 1. The Morgan fingerprint density at radius 1 is 1.20 bits per heavy atom. The van der Waals surface area contributed by atoms with Gasteiger partial charge in [0.25, 0.3) is 0 Å². The summed E-state index contributed by atoms with van der Waals surface area (Å²) >= 11 is 3.44. The molecule has 0 aromatic heterocycles. The van der Waals surface area contributed by atoms with Gasteiger partial charge in [-0.3, -0.25) is 4.79 Å². The summed E-state index contributed by atoms with van der Waals surface area (Å²) in [6.07, 6.45) is 0. The molecule has 1 saturated heterocycles. The lowest BCUT2D eigenvalue weighted by Gasteiger charge is -2.48. The maximum absolute atomic E-state index is 11.9. The molecule has 20 heavy (non-hydrogen) atoms. The highest BCUT2D eigenvalue weighted by Gasteiger charge is 2.38. The van der Waals surface area contributed by atoms with Crippen LogP contribution in [-0.4, -0.2) is 30.1 Å². The number of carbonyl (C=O) groups excluding carboxylic acids is 1. The van der Waals surface area contributed by atoms with E-state index in [2.05, 4.69) is 48.5 Å². The lowest BCUT2D eigenvalue weighted by atomic mass is 9.97. The van der Waals surface area contributed by atoms with E-state index in [0.717, 1.165) is 28.8 Å². The van der Waals surface area contributed by atoms with Gasteiger partial charge in [0, 0.05) is 28.8 Å². The van der Waals surface area contributed by atoms with Gasteiger partial charge in [-0.1, -0.05) is 15.9 Å². The van der Waals surface area contributed by atoms with Crippen molar-refractivity contribution in [3.8, 4) is 0 Å². The van der Waals surface area contributed by atoms with Gasteiger partial charge in [-0.15, -0.1) is 0 Å². The molecular formula is C16H22BrNO2. The van der Waals surface area contributed by atoms with E-state index in [1.807, 2.05) is 18.2 Å². The number of benzene rings is 1. The maximum Gasteiger partial charge on any atom is 0.161 e. The average molecular weight is 340 g/mol. The summed E-state index contributed by atoms with van der Waals surface area (Å²) in [7, 11) is 0. The highest BCUT2D eigenvalue weighted by atomic mass is 79.9. The lowest BCUT2D eigenvalue weighted by Crippen LogP contribution is -2.57. The van der Waals surface area contributed by atoms with Crippen molar-refractivity contribution >= 4 is 27.4 Å². The van der Waals surface area contributed by atoms with Crippen LogP contribution in [0.4, 0.5) is 5.69 Å². The maximum atomic E-state index is 11.9. The zero-order valence-electron chi connectivity index (χ0n) is 12.8. The van der Waals surface area contributed by atoms with Crippen LogP contribution in [0.2, 0.25) is 0 Å². The molecule has 1 aromatic rings. The average Bonchev–Trinajstić information content (AvgIpc) is 2.24. The van der Waals surface area contributed by atoms with E-state index in [9.17, 15) is 4.79 Å². The molecule has 3 nitrogen and oxygen atoms in total. The molecule has 1 heterocycles. The standard InChI is InChI=1S/C16H22BrNO2/c1-11(19)13-8-12(17)6-7-14(13)18-9-15(2,3)20-16(4,5)10-18/h6-8H,9-10H2,1-5H3. The van der Waals surface area contributed by atoms with Crippen LogP contribution >= 0.6 is 15.9 Å². The van der Waals surface area contributed by atoms with Gasteiger partial charge in [-0.2, -0.15) is 0 Å². The molecule has 0 bridgehead atoms. The Labute approximate surface area is 129 Å². The molecule has 0 radical (unpaired) electrons. The van der Waals surface area contributed by atoms with Gasteiger partial charge in [0.05, 0.1) is 11.2 Å². The molecule has 1 fully saturated rings. The van der Waals surface area contributed by atoms with Crippen molar-refractivity contribution in [2.75, 3.05) is 18.0 Å². The van der Waals surface area contributed by atoms with Crippen LogP contribution < -0.4 is 4.90 Å². The van der Waals surface area contributed by atoms with Crippen molar-refractivity contribution in [2.45, 2.75) is 45.8 Å². The molecule has 0 N–H and O–H groups in total. The minimum atomic E-state index is -0.233. The number of ketones is 1. The van der Waals surface area contributed by atoms with E-state index < -0.39 is 0 Å². The summed E-state index contributed by atoms with van der Waals surface area (Å²) in [5.41, 5.74) is 1.28. The molecular weight excluding hydrogens is 318 g/mol. The van der Waals surface area contributed by atoms with E-state index in [1.165, 1.54) is 0 Å². The topological polar surface area (TPSA) is 29.5 Å². The van der Waals surface area contributed by atoms with Crippen LogP contribution in [0.15, 0.2) is 22.7 Å². The molecule has 0 unspecified atom stereocenters. The molecule has 1 aliphatic rings. The first-order chi connectivity index (χ1) is 9.10. The van der Waals surface area contributed by atoms with Gasteiger partial charge < -0.3 is 9.64 Å². The summed E-state index contributed by atoms with van der Waals surface area (Å²) in [6, 6.07) is 5.89. The van der Waals surface area contributed by atoms with Crippen LogP contribution in [0, 0.1) is 0 Å². The number of hydrogen-bond donors (Lipinski definition) is 0. The van der Waals surface area contributed by atoms with Gasteiger partial charge in [-0.25, -0.2) is 0 Å². The van der Waals surface area contributed by atoms with Crippen LogP contribution in [0.1, 0.15) is 45.0 Å². The predicted octanol–water partition coefficient (Wildman–Crippen LogP) is 4.05. The molecule has 0 amide bonds. The second-order valence-corrected chi connectivity index (χ2v) is 7.61. The second-order valence-electron chi connectivity index (χ2n) is 6.70. The first-order valence-electron chi connectivity index (χ1n) is 6.85. The highest BCUT2D eigenvalue weighted by Crippen LogP contribution is 2.34. The molecule has 1 aliphatic heterocycles. The Balaban J connectivity index is 2.43. The minimum absolute atomic E-state index is 0.0865. The minimum Gasteiger partial charge on any atom is -0.366 e. The molecule has 110 valence electrons. The number of anilines is 1. The van der Waals surface area contributed by atoms with Gasteiger partial charge in [-0.05, 0) is 52.8 Å². The number of nitrogens with zero attached hydrogens (tertiary/aromatic N) is 1. The number of halogens is 1. The fraction of sp³-hybridized carbons (Fsp3) is 0.562. The predicted molar refractivity (Wildman–Crippen MR) is 85.6 cm³/mol. The number of Topliss-reactive ketones (excluding diaryl/α,β-unsaturated/α-hetero) is 1. The van der Waals surface area contributed by atoms with Gasteiger partial charge >= 0.3 is 0 Å². The van der Waals surface area contributed by atoms with Crippen LogP contribution in [0.25, 0.3) is 0 Å². The summed E-state index contributed by atoms with van der Waals surface area (Å²) < 4.78 is 7.03. The number of carbonyl (C=O) groups is 1. The fourth-order valence-corrected chi connectivity index (χ4v) is 3.39. The van der Waals surface area contributed by atoms with E-state index in [4.69, 9.17) is 4.74 Å². The van der Waals surface area contributed by atoms with Crippen molar-refractivity contribution < 1.29 is 9.53 Å². The van der Waals surface area contributed by atoms with E-state index in [1.54, 1.807) is 6.92 Å². The first-order valence-corrected chi connectivity index (χ1v) is 7.65. The summed E-state index contributed by atoms with van der Waals surface area (Å²) in [5.74, 6) is 0.0865. The number of ether oxygens (including phenoxy) is 1. The number of hydrogen-bond acceptors (Lipinski definition) is 3. The Morgan fingerprint density at radius 3 is 2.25 bits per heavy atom. The summed E-state index contributed by atoms with van der Waals surface area (Å²) in [4.78, 5) is 14.2. The molecule has 0 saturated carbocycles. The van der Waals surface area contributed by atoms with Gasteiger partial charge in [0.1, 0.15) is 0 Å². The van der Waals surface area contributed by atoms with Gasteiger partial charge in [0.15, 0.2) is 5.78 Å². The molecule has 2 rings (SSSR count). The molecule has 1 aromatic carbocycles. The van der Waals surface area contributed by atoms with Crippen LogP contribution in [-0.2, 0) is 4.74 Å². The van der Waals surface area contributed by atoms with Crippen molar-refractivity contribution in [1.29, 1.82) is 0 Å². The van der Waals surface area contributed by atoms with Crippen molar-refractivity contribution in [3.63, 3.8) is 0 Å². The summed E-state index contributed by atoms with van der Waals surface area (Å²) in [6.45, 7) is 11.5. The van der Waals surface area contributed by atoms with Crippen molar-refractivity contribution in [3.05, 3.63) is 28.2 Å². The van der Waals surface area contributed by atoms with Gasteiger partial charge in [0.2, 0.25) is 0 Å². The molecule has 0 aliphatic carbocycles. The van der Waals surface area contributed by atoms with Crippen LogP contribution in [0.3, 0.4) is 0 Å². The smallest absolute Gasteiger partial charge is 0.161 e. The third-order valence-electron chi connectivity index (χ3n) is 3.37. The zero-order valence-corrected chi connectivity index (χ0v) is 14.4. The molecule has 4 heteroatoms. The van der Waals surface area contributed by atoms with Crippen molar-refractivity contribution in [2.24, 2.45) is 0 Å². The second kappa shape index (κ2) is 5.15. The summed E-state index contributed by atoms with van der Waals surface area (Å²) in [5, 5.41) is 0. The zero-order chi connectivity index (χ0) is 15.1. The normalized spacial score (nSPS) is 20.8. The molecule has 0 atom stereocenters. The van der Waals surface area contributed by atoms with E-state index in [-0.39, 0.29) is 17.0 Å². The Kier molecular flexibility index (Phi) is 4.00. The fourth-order valence-electron chi connectivity index (χ4n) is 3.02. The third kappa shape index (κ3) is 3.41. The Bertz CT molecular complexity index is 521. The monoisotopic (exact) mass is 339 g/mol. The highest BCUT2D eigenvalue weighted by molar-refractivity contribution is 9.10. The SMILES string of the molecule is CC(=O)c1cc(Br)ccc1N1CC(C)(C)OC(C)(C)C1. The first kappa shape index (κ1) is 15.5. The third-order valence-corrected chi connectivity index (χ3v) is 3.87. The van der Waals surface area contributed by atoms with E-state index >= 15 is 0 Å². The molecule has 0 spiro atoms. The lowest BCUT2D eigenvalue weighted by molar-refractivity contribution is -0.133. The Morgan fingerprint density at radius 2 is 1.75 bits per heavy atom. The number of rotatable bonds is 2. The quantitative estimate of drug-likeness (QED) is 0.761.